The van der Waals surface area contributed by atoms with Crippen molar-refractivity contribution < 1.29 is 14.3 Å². The second-order valence-electron chi connectivity index (χ2n) is 2.41. The van der Waals surface area contributed by atoms with E-state index in [0.29, 0.717) is 10.7 Å². The van der Waals surface area contributed by atoms with Crippen LogP contribution in [0.5, 0.6) is 0 Å². The van der Waals surface area contributed by atoms with Gasteiger partial charge in [-0.2, -0.15) is 0 Å². The Labute approximate surface area is 85.8 Å². The number of anilines is 1. The Hall–Kier alpha value is -1.55. The third-order valence-corrected chi connectivity index (χ3v) is 1.81. The molecule has 1 rings (SSSR count). The molecule has 0 saturated carbocycles. The van der Waals surface area contributed by atoms with Crippen molar-refractivity contribution in [3.8, 4) is 0 Å². The standard InChI is InChI=1S/C9H7ClNO3/c1-14-9(13)7-4-6(10)2-3-8(7)11-5-12/h2-4H,1H3,(H,11,12). The van der Waals surface area contributed by atoms with Gasteiger partial charge >= 0.3 is 12.4 Å². The quantitative estimate of drug-likeness (QED) is 0.612. The third-order valence-electron chi connectivity index (χ3n) is 1.57. The van der Waals surface area contributed by atoms with E-state index in [2.05, 4.69) is 10.1 Å². The van der Waals surface area contributed by atoms with Crippen LogP contribution in [-0.4, -0.2) is 19.5 Å². The van der Waals surface area contributed by atoms with Gasteiger partial charge in [-0.3, -0.25) is 4.79 Å². The highest BCUT2D eigenvalue weighted by Gasteiger charge is 2.11. The van der Waals surface area contributed by atoms with Crippen molar-refractivity contribution in [2.75, 3.05) is 12.4 Å². The van der Waals surface area contributed by atoms with E-state index in [0.717, 1.165) is 0 Å². The minimum absolute atomic E-state index is 0.198. The normalized spacial score (nSPS) is 9.29. The van der Waals surface area contributed by atoms with Crippen molar-refractivity contribution >= 4 is 29.7 Å². The first-order valence-corrected chi connectivity index (χ1v) is 4.08. The van der Waals surface area contributed by atoms with E-state index in [4.69, 9.17) is 11.6 Å². The van der Waals surface area contributed by atoms with Gasteiger partial charge in [0.2, 0.25) is 0 Å². The van der Waals surface area contributed by atoms with Gasteiger partial charge in [0, 0.05) is 5.02 Å². The zero-order valence-corrected chi connectivity index (χ0v) is 8.09. The van der Waals surface area contributed by atoms with Crippen LogP contribution in [0.25, 0.3) is 0 Å². The minimum Gasteiger partial charge on any atom is -0.465 e. The summed E-state index contributed by atoms with van der Waals surface area (Å²) in [5, 5.41) is 2.64. The average Bonchev–Trinajstić information content (AvgIpc) is 2.20. The first kappa shape index (κ1) is 10.5. The molecule has 1 N–H and O–H groups in total. The van der Waals surface area contributed by atoms with Gasteiger partial charge in [-0.25, -0.2) is 4.79 Å². The highest BCUT2D eigenvalue weighted by molar-refractivity contribution is 6.31. The number of nitrogens with one attached hydrogen (secondary N) is 1. The molecule has 1 aromatic rings. The highest BCUT2D eigenvalue weighted by Crippen LogP contribution is 2.20. The smallest absolute Gasteiger partial charge is 0.340 e. The summed E-state index contributed by atoms with van der Waals surface area (Å²) in [4.78, 5) is 21.3. The lowest BCUT2D eigenvalue weighted by atomic mass is 10.2. The van der Waals surface area contributed by atoms with Gasteiger partial charge < -0.3 is 10.1 Å². The van der Waals surface area contributed by atoms with Crippen LogP contribution in [0.2, 0.25) is 5.02 Å². The minimum atomic E-state index is -0.565. The SMILES string of the molecule is COC(=O)c1cc(Cl)ccc1N[C]=O. The lowest BCUT2D eigenvalue weighted by Crippen LogP contribution is -2.06. The molecule has 0 aliphatic rings. The van der Waals surface area contributed by atoms with E-state index in [1.807, 2.05) is 0 Å². The maximum Gasteiger partial charge on any atom is 0.340 e. The van der Waals surface area contributed by atoms with Gasteiger partial charge in [0.05, 0.1) is 18.4 Å². The van der Waals surface area contributed by atoms with Gasteiger partial charge in [-0.05, 0) is 18.2 Å². The molecule has 0 bridgehead atoms. The Morgan fingerprint density at radius 2 is 2.29 bits per heavy atom. The molecule has 4 nitrogen and oxygen atoms in total. The van der Waals surface area contributed by atoms with Crippen LogP contribution in [0.1, 0.15) is 10.4 Å². The molecule has 1 amide bonds. The van der Waals surface area contributed by atoms with Crippen LogP contribution in [0.15, 0.2) is 18.2 Å². The first-order valence-electron chi connectivity index (χ1n) is 3.70. The second-order valence-corrected chi connectivity index (χ2v) is 2.84. The number of hydrogen-bond acceptors (Lipinski definition) is 3. The fourth-order valence-electron chi connectivity index (χ4n) is 0.959. The molecule has 73 valence electrons. The Bertz CT molecular complexity index is 365. The van der Waals surface area contributed by atoms with Gasteiger partial charge in [0.1, 0.15) is 0 Å². The van der Waals surface area contributed by atoms with Crippen molar-refractivity contribution in [1.29, 1.82) is 0 Å². The molecular formula is C9H7ClNO3. The number of methoxy groups -OCH3 is 1. The lowest BCUT2D eigenvalue weighted by molar-refractivity contribution is 0.0602. The van der Waals surface area contributed by atoms with Gasteiger partial charge in [0.25, 0.3) is 0 Å². The van der Waals surface area contributed by atoms with Crippen LogP contribution >= 0.6 is 11.6 Å². The number of esters is 1. The molecule has 0 aliphatic heterocycles. The molecule has 0 unspecified atom stereocenters. The van der Waals surface area contributed by atoms with Crippen molar-refractivity contribution in [3.63, 3.8) is 0 Å². The predicted molar refractivity (Wildman–Crippen MR) is 52.1 cm³/mol. The number of amides is 1. The number of hydrogen-bond donors (Lipinski definition) is 1. The third kappa shape index (κ3) is 2.23. The summed E-state index contributed by atoms with van der Waals surface area (Å²) < 4.78 is 4.51. The van der Waals surface area contributed by atoms with Gasteiger partial charge in [-0.1, -0.05) is 11.6 Å². The summed E-state index contributed by atoms with van der Waals surface area (Å²) >= 11 is 5.68. The molecule has 14 heavy (non-hydrogen) atoms. The molecule has 0 aliphatic carbocycles. The summed E-state index contributed by atoms with van der Waals surface area (Å²) in [6.45, 7) is 0. The van der Waals surface area contributed by atoms with Crippen molar-refractivity contribution in [2.45, 2.75) is 0 Å². The van der Waals surface area contributed by atoms with E-state index in [1.54, 1.807) is 6.07 Å². The lowest BCUT2D eigenvalue weighted by Gasteiger charge is -2.05. The van der Waals surface area contributed by atoms with Crippen molar-refractivity contribution in [1.82, 2.24) is 0 Å². The summed E-state index contributed by atoms with van der Waals surface area (Å²) in [6.07, 6.45) is 1.47. The first-order chi connectivity index (χ1) is 6.69. The van der Waals surface area contributed by atoms with Crippen LogP contribution in [-0.2, 0) is 9.53 Å². The van der Waals surface area contributed by atoms with E-state index < -0.39 is 5.97 Å². The predicted octanol–water partition coefficient (Wildman–Crippen LogP) is 1.61. The number of ether oxygens (including phenoxy) is 1. The van der Waals surface area contributed by atoms with Crippen LogP contribution in [0.3, 0.4) is 0 Å². The fraction of sp³-hybridized carbons (Fsp3) is 0.111. The molecule has 0 fully saturated rings. The molecule has 1 aromatic carbocycles. The molecule has 1 radical (unpaired) electrons. The Kier molecular flexibility index (Phi) is 3.48. The Morgan fingerprint density at radius 3 is 2.86 bits per heavy atom. The fourth-order valence-corrected chi connectivity index (χ4v) is 1.13. The van der Waals surface area contributed by atoms with E-state index >= 15 is 0 Å². The van der Waals surface area contributed by atoms with Crippen LogP contribution in [0, 0.1) is 0 Å². The number of carbonyl (C=O) groups is 1. The Balaban J connectivity index is 3.14. The maximum absolute atomic E-state index is 11.2. The Morgan fingerprint density at radius 1 is 1.57 bits per heavy atom. The van der Waals surface area contributed by atoms with Crippen LogP contribution in [0.4, 0.5) is 5.69 Å². The van der Waals surface area contributed by atoms with E-state index in [-0.39, 0.29) is 5.56 Å². The molecule has 0 saturated heterocycles. The molecule has 0 aromatic heterocycles. The second kappa shape index (κ2) is 4.62. The van der Waals surface area contributed by atoms with Crippen LogP contribution < -0.4 is 5.32 Å². The topological polar surface area (TPSA) is 55.4 Å². The van der Waals surface area contributed by atoms with Crippen molar-refractivity contribution in [2.24, 2.45) is 0 Å². The number of carbonyl (C=O) groups excluding carboxylic acids is 2. The van der Waals surface area contributed by atoms with E-state index in [1.165, 1.54) is 25.7 Å². The monoisotopic (exact) mass is 212 g/mol. The van der Waals surface area contributed by atoms with E-state index in [9.17, 15) is 9.59 Å². The van der Waals surface area contributed by atoms with Crippen molar-refractivity contribution in [3.05, 3.63) is 28.8 Å². The summed E-state index contributed by atoms with van der Waals surface area (Å²) in [7, 11) is 1.25. The molecular weight excluding hydrogens is 206 g/mol. The van der Waals surface area contributed by atoms with Gasteiger partial charge in [0.15, 0.2) is 0 Å². The zero-order valence-electron chi connectivity index (χ0n) is 7.33. The average molecular weight is 213 g/mol. The van der Waals surface area contributed by atoms with Gasteiger partial charge in [-0.15, -0.1) is 0 Å². The molecule has 5 heteroatoms. The molecule has 0 heterocycles. The summed E-state index contributed by atoms with van der Waals surface area (Å²) in [6, 6.07) is 4.46. The number of halogens is 1. The maximum atomic E-state index is 11.2. The summed E-state index contributed by atoms with van der Waals surface area (Å²) in [5.41, 5.74) is 0.514. The zero-order chi connectivity index (χ0) is 10.6. The molecule has 0 atom stereocenters. The molecule has 0 spiro atoms. The number of benzene rings is 1. The summed E-state index contributed by atoms with van der Waals surface area (Å²) in [5.74, 6) is -0.565. The number of rotatable bonds is 3. The highest BCUT2D eigenvalue weighted by atomic mass is 35.5. The largest absolute Gasteiger partial charge is 0.465 e.